The molecule has 4 aliphatic rings. The molecule has 10 nitrogen and oxygen atoms in total. The van der Waals surface area contributed by atoms with Crippen LogP contribution in [0.4, 0.5) is 13.2 Å². The average molecular weight is 1790 g/mol. The van der Waals surface area contributed by atoms with Gasteiger partial charge in [0.2, 0.25) is 0 Å². The van der Waals surface area contributed by atoms with Gasteiger partial charge in [-0.2, -0.15) is 18.2 Å². The number of carboxylic acids is 1. The summed E-state index contributed by atoms with van der Waals surface area (Å²) in [6.45, 7) is 55.0. The van der Waals surface area contributed by atoms with Crippen molar-refractivity contribution in [2.24, 2.45) is 0 Å². The molecule has 0 atom stereocenters. The molecule has 0 N–H and O–H groups in total. The molecule has 0 spiro atoms. The van der Waals surface area contributed by atoms with E-state index in [9.17, 15) is 13.2 Å². The second kappa shape index (κ2) is 34.7. The summed E-state index contributed by atoms with van der Waals surface area (Å²) in [5.41, 5.74) is 33.7. The maximum absolute atomic E-state index is 10.5. The van der Waals surface area contributed by atoms with E-state index in [2.05, 4.69) is 409 Å². The van der Waals surface area contributed by atoms with E-state index < -0.39 is 12.1 Å². The van der Waals surface area contributed by atoms with E-state index in [1.54, 1.807) is 0 Å². The Morgan fingerprint density at radius 3 is 0.742 bits per heavy atom. The fourth-order valence-electron chi connectivity index (χ4n) is 16.2. The summed E-state index contributed by atoms with van der Waals surface area (Å²) in [5.74, 6) is 4.56. The third kappa shape index (κ3) is 19.7. The number of carbonyl (C=O) groups excluding carboxylic acids is 1. The van der Waals surface area contributed by atoms with Crippen LogP contribution in [0.3, 0.4) is 0 Å². The summed E-state index contributed by atoms with van der Waals surface area (Å²) >= 11 is 0. The number of hydrogen-bond acceptors (Lipinski definition) is 6. The van der Waals surface area contributed by atoms with Crippen molar-refractivity contribution in [3.8, 4) is 78.6 Å². The van der Waals surface area contributed by atoms with E-state index in [0.717, 1.165) is 140 Å². The number of fused-ring (bicyclic) bond motifs is 16. The largest absolute Gasteiger partial charge is 2.00 e. The Morgan fingerprint density at radius 1 is 0.281 bits per heavy atom. The quantitative estimate of drug-likeness (QED) is 0.0858. The van der Waals surface area contributed by atoms with Gasteiger partial charge in [0.25, 0.3) is 0 Å². The standard InChI is InChI=1S/C111H111N8.C2HF3O2.2Ni/c1-104(2,3)72-54-68(55-73(62-72)105(4,5)6)100-90-42-38-82(112-90)80(83-39-43-91(113-83)101(69-56-74(106(7,8)9)63-75(57-69)107(10,11)12)95-51-47-87(117-95)98(66-32-27-25-28-33-66)86-46-50-94(100)116-86)36-31-37-81-84-40-44-92(114-84)102(70-58-76(108(13,14)15)64-77(59-70)109(16,17)18)96-52-48-88(118-96)99(67-34-29-26-30-35-67)89-49-53-97(119-89)103(93-45-41-85(81)115-93)71-60-78(110(19,20)21)65-79(61-71)111(22,23)24;3-2(4,5)1(6)7;;/h25-30,32-36,38-65H,1-24H3;(H,6,7);;/q-3;;2*+2/p-1. The number of carboxylic acid groups (broad SMARTS) is 1. The second-order valence-corrected chi connectivity index (χ2v) is 41.9. The van der Waals surface area contributed by atoms with Gasteiger partial charge in [-0.05, 0) is 209 Å². The van der Waals surface area contributed by atoms with Gasteiger partial charge in [-0.15, -0.1) is 38.6 Å². The van der Waals surface area contributed by atoms with Crippen LogP contribution in [-0.2, 0) is 81.1 Å². The SMILES string of the molecule is CC(C)(C)c1cc(-c2c3nc(c(-c4ccccc4)c4ccc([n-]4)c(-c4cc(C(C)(C)C)cc(C(C)(C)C)c4)c4nc(c(C#C[CH+]c5c6nc(c(-c7cc(C(C)(C)C)cc(C(C)(C)C)c7)c7ccc([n-]7)c(-c7ccccc7)c7nc(c(-c8cc(C(C)(C)C)cc(C(C)(C)C)c8)c8ccc5[n-]8)C=C7)C=C6)c5ccc2[n-]5)C=C4)C=C3)cc(C(C)(C)C)c1.O=C([O-])C(F)(F)F.[Ni+2].[Ni+2]. The molecule has 15 heteroatoms. The van der Waals surface area contributed by atoms with Crippen molar-refractivity contribution in [3.63, 3.8) is 0 Å². The fourth-order valence-corrected chi connectivity index (χ4v) is 16.2. The van der Waals surface area contributed by atoms with Crippen molar-refractivity contribution in [2.75, 3.05) is 0 Å². The summed E-state index contributed by atoms with van der Waals surface area (Å²) in [7, 11) is 0. The first-order valence-electron chi connectivity index (χ1n) is 43.4. The van der Waals surface area contributed by atoms with Gasteiger partial charge in [-0.25, -0.2) is 15.0 Å². The first kappa shape index (κ1) is 93.8. The predicted octanol–water partition coefficient (Wildman–Crippen LogP) is 27.4. The number of aromatic nitrogens is 8. The summed E-state index contributed by atoms with van der Waals surface area (Å²) in [4.78, 5) is 55.0. The molecule has 16 bridgehead atoms. The van der Waals surface area contributed by atoms with E-state index >= 15 is 0 Å². The molecule has 0 fully saturated rings. The third-order valence-corrected chi connectivity index (χ3v) is 23.8. The van der Waals surface area contributed by atoms with Gasteiger partial charge in [-0.3, -0.25) is 0 Å². The van der Waals surface area contributed by atoms with E-state index in [1.165, 1.54) is 44.5 Å². The Hall–Kier alpha value is -11.8. The molecule has 128 heavy (non-hydrogen) atoms. The van der Waals surface area contributed by atoms with Crippen LogP contribution in [0, 0.1) is 18.3 Å². The van der Waals surface area contributed by atoms with Crippen molar-refractivity contribution in [2.45, 2.75) is 216 Å². The van der Waals surface area contributed by atoms with Gasteiger partial charge in [0.1, 0.15) is 17.2 Å². The van der Waals surface area contributed by atoms with E-state index in [4.69, 9.17) is 49.8 Å². The molecule has 12 aromatic rings. The zero-order chi connectivity index (χ0) is 90.7. The minimum Gasteiger partial charge on any atom is -0.657 e. The van der Waals surface area contributed by atoms with Crippen LogP contribution in [0.1, 0.15) is 267 Å². The van der Waals surface area contributed by atoms with E-state index in [0.29, 0.717) is 28.0 Å². The normalized spacial score (nSPS) is 13.0. The molecule has 0 radical (unpaired) electrons. The average Bonchev–Trinajstić information content (AvgIpc) is 1.51. The Kier molecular flexibility index (Phi) is 25.4. The second-order valence-electron chi connectivity index (χ2n) is 41.9. The van der Waals surface area contributed by atoms with E-state index in [-0.39, 0.29) is 76.3 Å². The van der Waals surface area contributed by atoms with Gasteiger partial charge >= 0.3 is 39.2 Å². The molecule has 10 heterocycles. The van der Waals surface area contributed by atoms with Crippen molar-refractivity contribution in [1.29, 1.82) is 0 Å². The molecule has 0 saturated carbocycles. The molecule has 4 aliphatic heterocycles. The zero-order valence-electron chi connectivity index (χ0n) is 77.7. The van der Waals surface area contributed by atoms with Crippen molar-refractivity contribution in [1.82, 2.24) is 39.9 Å². The number of nitrogens with zero attached hydrogens (tertiary/aromatic N) is 8. The van der Waals surface area contributed by atoms with E-state index in [1.807, 2.05) is 6.42 Å². The first-order chi connectivity index (χ1) is 58.9. The summed E-state index contributed by atoms with van der Waals surface area (Å²) in [6.07, 6.45) is 14.0. The fraction of sp³-hybridized carbons (Fsp3) is 0.292. The molecule has 656 valence electrons. The molecule has 6 aromatic heterocycles. The van der Waals surface area contributed by atoms with Crippen molar-refractivity contribution in [3.05, 3.63) is 290 Å². The minimum atomic E-state index is -5.19. The van der Waals surface area contributed by atoms with Crippen LogP contribution < -0.4 is 25.0 Å². The summed E-state index contributed by atoms with van der Waals surface area (Å²) < 4.78 is 31.5. The number of aliphatic carboxylic acids is 1. The number of hydrogen-bond donors (Lipinski definition) is 0. The number of carbonyl (C=O) groups is 1. The number of alkyl halides is 3. The molecule has 6 aromatic carbocycles. The van der Waals surface area contributed by atoms with Crippen LogP contribution in [0.25, 0.3) is 160 Å². The van der Waals surface area contributed by atoms with Gasteiger partial charge in [0.05, 0.1) is 57.8 Å². The van der Waals surface area contributed by atoms with Gasteiger partial charge < -0.3 is 29.8 Å². The van der Waals surface area contributed by atoms with Crippen LogP contribution in [0.15, 0.2) is 182 Å². The monoisotopic (exact) mass is 1780 g/mol. The topological polar surface area (TPSA) is 148 Å². The first-order valence-corrected chi connectivity index (χ1v) is 43.4. The number of halogens is 3. The zero-order valence-corrected chi connectivity index (χ0v) is 79.7. The van der Waals surface area contributed by atoms with Gasteiger partial charge in [0, 0.05) is 12.0 Å². The minimum absolute atomic E-state index is 0. The summed E-state index contributed by atoms with van der Waals surface area (Å²) in [5, 5.41) is 8.78. The maximum Gasteiger partial charge on any atom is 2.00 e. The van der Waals surface area contributed by atoms with Crippen LogP contribution >= 0.6 is 0 Å². The number of benzene rings is 6. The predicted molar refractivity (Wildman–Crippen MR) is 517 cm³/mol. The number of rotatable bonds is 7. The van der Waals surface area contributed by atoms with Crippen molar-refractivity contribution < 1.29 is 56.1 Å². The molecule has 0 saturated heterocycles. The van der Waals surface area contributed by atoms with Gasteiger partial charge in [-0.1, -0.05) is 342 Å². The third-order valence-electron chi connectivity index (χ3n) is 23.8. The van der Waals surface area contributed by atoms with Crippen molar-refractivity contribution >= 4 is 98.7 Å². The molecular formula is C113H111F3N8Ni2O2. The smallest absolute Gasteiger partial charge is 0.657 e. The van der Waals surface area contributed by atoms with Crippen LogP contribution in [-0.4, -0.2) is 32.1 Å². The molecular weight excluding hydrogens is 1680 g/mol. The molecule has 16 rings (SSSR count). The Labute approximate surface area is 773 Å². The Bertz CT molecular complexity index is 6670. The molecule has 0 amide bonds. The maximum atomic E-state index is 10.5. The molecule has 0 aliphatic carbocycles. The Morgan fingerprint density at radius 2 is 0.484 bits per heavy atom. The van der Waals surface area contributed by atoms with Crippen LogP contribution in [0.5, 0.6) is 0 Å². The van der Waals surface area contributed by atoms with Crippen LogP contribution in [0.2, 0.25) is 0 Å². The molecule has 0 unspecified atom stereocenters. The van der Waals surface area contributed by atoms with Gasteiger partial charge in [0.15, 0.2) is 0 Å². The summed E-state index contributed by atoms with van der Waals surface area (Å²) in [6, 6.07) is 66.7. The Balaban J connectivity index is 0.00000149.